The number of rotatable bonds is 2. The van der Waals surface area contributed by atoms with Gasteiger partial charge in [-0.2, -0.15) is 4.98 Å². The van der Waals surface area contributed by atoms with Gasteiger partial charge in [-0.15, -0.1) is 0 Å². The molecule has 0 spiro atoms. The highest BCUT2D eigenvalue weighted by Crippen LogP contribution is 2.29. The Labute approximate surface area is 146 Å². The Morgan fingerprint density at radius 1 is 1.36 bits per heavy atom. The van der Waals surface area contributed by atoms with Crippen molar-refractivity contribution < 1.29 is 18.4 Å². The van der Waals surface area contributed by atoms with Gasteiger partial charge in [-0.3, -0.25) is 0 Å². The van der Waals surface area contributed by atoms with Crippen molar-refractivity contribution in [2.45, 2.75) is 45.1 Å². The number of hydrogen-bond acceptors (Lipinski definition) is 5. The summed E-state index contributed by atoms with van der Waals surface area (Å²) in [5, 5.41) is 3.89. The fourth-order valence-corrected chi connectivity index (χ4v) is 2.82. The van der Waals surface area contributed by atoms with Crippen molar-refractivity contribution in [1.29, 1.82) is 0 Å². The molecule has 0 unspecified atom stereocenters. The molecule has 0 bridgehead atoms. The minimum Gasteiger partial charge on any atom is -0.444 e. The molecule has 2 aromatic rings. The van der Waals surface area contributed by atoms with Crippen LogP contribution in [0.4, 0.5) is 9.18 Å². The van der Waals surface area contributed by atoms with Crippen LogP contribution >= 0.6 is 0 Å². The van der Waals surface area contributed by atoms with Crippen molar-refractivity contribution in [2.75, 3.05) is 13.1 Å². The number of amides is 1. The average Bonchev–Trinajstić information content (AvgIpc) is 3.03. The van der Waals surface area contributed by atoms with Gasteiger partial charge in [-0.05, 0) is 45.7 Å². The van der Waals surface area contributed by atoms with E-state index in [1.807, 2.05) is 20.8 Å². The molecule has 6 nitrogen and oxygen atoms in total. The van der Waals surface area contributed by atoms with Crippen molar-refractivity contribution in [3.05, 3.63) is 36.0 Å². The molecule has 1 aliphatic heterocycles. The highest BCUT2D eigenvalue weighted by molar-refractivity contribution is 5.68. The lowest BCUT2D eigenvalue weighted by Gasteiger charge is -2.32. The first-order valence-corrected chi connectivity index (χ1v) is 8.40. The van der Waals surface area contributed by atoms with Crippen LogP contribution < -0.4 is 0 Å². The summed E-state index contributed by atoms with van der Waals surface area (Å²) in [4.78, 5) is 18.2. The highest BCUT2D eigenvalue weighted by Gasteiger charge is 2.31. The number of carbonyl (C=O) groups excluding carboxylic acids is 1. The van der Waals surface area contributed by atoms with Gasteiger partial charge in [-0.1, -0.05) is 17.3 Å². The van der Waals surface area contributed by atoms with Gasteiger partial charge in [-0.25, -0.2) is 9.18 Å². The van der Waals surface area contributed by atoms with Gasteiger partial charge in [0.2, 0.25) is 11.7 Å². The summed E-state index contributed by atoms with van der Waals surface area (Å²) in [5.41, 5.74) is -0.232. The smallest absolute Gasteiger partial charge is 0.410 e. The van der Waals surface area contributed by atoms with Crippen LogP contribution in [0.3, 0.4) is 0 Å². The summed E-state index contributed by atoms with van der Waals surface area (Å²) in [5.74, 6) is 0.178. The van der Waals surface area contributed by atoms with Crippen LogP contribution in [0.15, 0.2) is 28.8 Å². The molecule has 0 aliphatic carbocycles. The second-order valence-corrected chi connectivity index (χ2v) is 7.20. The molecule has 1 aliphatic rings. The number of aromatic nitrogens is 2. The lowest BCUT2D eigenvalue weighted by Crippen LogP contribution is -2.42. The molecule has 1 amide bonds. The number of benzene rings is 1. The van der Waals surface area contributed by atoms with Crippen LogP contribution in [-0.2, 0) is 4.74 Å². The van der Waals surface area contributed by atoms with Crippen molar-refractivity contribution in [1.82, 2.24) is 15.0 Å². The van der Waals surface area contributed by atoms with Gasteiger partial charge < -0.3 is 14.2 Å². The zero-order chi connectivity index (χ0) is 18.0. The fraction of sp³-hybridized carbons (Fsp3) is 0.500. The Balaban J connectivity index is 1.72. The Kier molecular flexibility index (Phi) is 4.74. The van der Waals surface area contributed by atoms with E-state index in [2.05, 4.69) is 10.1 Å². The monoisotopic (exact) mass is 347 g/mol. The molecule has 134 valence electrons. The zero-order valence-electron chi connectivity index (χ0n) is 14.7. The first-order valence-electron chi connectivity index (χ1n) is 8.40. The predicted molar refractivity (Wildman–Crippen MR) is 89.5 cm³/mol. The maximum Gasteiger partial charge on any atom is 0.410 e. The van der Waals surface area contributed by atoms with Gasteiger partial charge in [0.25, 0.3) is 0 Å². The molecule has 7 heteroatoms. The molecule has 2 heterocycles. The van der Waals surface area contributed by atoms with Gasteiger partial charge in [0.05, 0.1) is 11.5 Å². The third-order valence-corrected chi connectivity index (χ3v) is 3.98. The van der Waals surface area contributed by atoms with Crippen molar-refractivity contribution >= 4 is 6.09 Å². The van der Waals surface area contributed by atoms with E-state index in [0.717, 1.165) is 12.8 Å². The van der Waals surface area contributed by atoms with E-state index in [1.54, 1.807) is 23.1 Å². The lowest BCUT2D eigenvalue weighted by molar-refractivity contribution is 0.0189. The van der Waals surface area contributed by atoms with Gasteiger partial charge in [0.1, 0.15) is 11.4 Å². The average molecular weight is 347 g/mol. The van der Waals surface area contributed by atoms with Crippen molar-refractivity contribution in [2.24, 2.45) is 0 Å². The minimum atomic E-state index is -0.535. The summed E-state index contributed by atoms with van der Waals surface area (Å²) in [7, 11) is 0. The quantitative estimate of drug-likeness (QED) is 0.821. The number of piperidine rings is 1. The predicted octanol–water partition coefficient (Wildman–Crippen LogP) is 3.99. The molecule has 0 radical (unpaired) electrons. The largest absolute Gasteiger partial charge is 0.444 e. The molecule has 0 saturated carbocycles. The van der Waals surface area contributed by atoms with Gasteiger partial charge in [0, 0.05) is 13.1 Å². The van der Waals surface area contributed by atoms with E-state index < -0.39 is 11.4 Å². The third-order valence-electron chi connectivity index (χ3n) is 3.98. The molecule has 1 fully saturated rings. The summed E-state index contributed by atoms with van der Waals surface area (Å²) in [6.45, 7) is 6.61. The number of halogens is 1. The van der Waals surface area contributed by atoms with Crippen LogP contribution in [0.5, 0.6) is 0 Å². The topological polar surface area (TPSA) is 68.5 Å². The first kappa shape index (κ1) is 17.4. The van der Waals surface area contributed by atoms with E-state index in [4.69, 9.17) is 9.26 Å². The van der Waals surface area contributed by atoms with Crippen LogP contribution in [0.2, 0.25) is 0 Å². The first-order chi connectivity index (χ1) is 11.8. The van der Waals surface area contributed by atoms with Crippen LogP contribution in [0, 0.1) is 5.82 Å². The minimum absolute atomic E-state index is 0.0747. The van der Waals surface area contributed by atoms with Crippen molar-refractivity contribution in [3.8, 4) is 11.4 Å². The molecule has 1 saturated heterocycles. The molecule has 1 aromatic heterocycles. The molecular formula is C18H22FN3O3. The number of nitrogens with zero attached hydrogens (tertiary/aromatic N) is 3. The fourth-order valence-electron chi connectivity index (χ4n) is 2.82. The Morgan fingerprint density at radius 2 is 2.12 bits per heavy atom. The van der Waals surface area contributed by atoms with E-state index in [0.29, 0.717) is 24.5 Å². The van der Waals surface area contributed by atoms with E-state index in [-0.39, 0.29) is 17.8 Å². The summed E-state index contributed by atoms with van der Waals surface area (Å²) in [6.07, 6.45) is 1.31. The SMILES string of the molecule is CC(C)(C)OC(=O)N1CCC[C@H](c2nc(-c3ccccc3F)no2)C1. The van der Waals surface area contributed by atoms with E-state index in [1.165, 1.54) is 6.07 Å². The summed E-state index contributed by atoms with van der Waals surface area (Å²) in [6, 6.07) is 6.30. The number of likely N-dealkylation sites (tertiary alicyclic amines) is 1. The molecule has 0 N–H and O–H groups in total. The molecule has 1 aromatic carbocycles. The molecule has 3 rings (SSSR count). The standard InChI is InChI=1S/C18H22FN3O3/c1-18(2,3)24-17(23)22-10-6-7-12(11-22)16-20-15(21-25-16)13-8-4-5-9-14(13)19/h4-5,8-9,12H,6-7,10-11H2,1-3H3/t12-/m0/s1. The Morgan fingerprint density at radius 3 is 2.84 bits per heavy atom. The van der Waals surface area contributed by atoms with Crippen LogP contribution in [-0.4, -0.2) is 39.8 Å². The number of hydrogen-bond donors (Lipinski definition) is 0. The molecule has 25 heavy (non-hydrogen) atoms. The zero-order valence-corrected chi connectivity index (χ0v) is 14.7. The van der Waals surface area contributed by atoms with Crippen LogP contribution in [0.1, 0.15) is 45.4 Å². The summed E-state index contributed by atoms with van der Waals surface area (Å²) < 4.78 is 24.6. The third kappa shape index (κ3) is 4.15. The molecular weight excluding hydrogens is 325 g/mol. The second kappa shape index (κ2) is 6.82. The molecule has 1 atom stereocenters. The number of ether oxygens (including phenoxy) is 1. The Hall–Kier alpha value is -2.44. The van der Waals surface area contributed by atoms with E-state index in [9.17, 15) is 9.18 Å². The second-order valence-electron chi connectivity index (χ2n) is 7.20. The maximum absolute atomic E-state index is 13.9. The van der Waals surface area contributed by atoms with Gasteiger partial charge in [0.15, 0.2) is 0 Å². The van der Waals surface area contributed by atoms with Gasteiger partial charge >= 0.3 is 6.09 Å². The normalized spacial score (nSPS) is 18.2. The maximum atomic E-state index is 13.9. The van der Waals surface area contributed by atoms with Crippen LogP contribution in [0.25, 0.3) is 11.4 Å². The summed E-state index contributed by atoms with van der Waals surface area (Å²) >= 11 is 0. The van der Waals surface area contributed by atoms with E-state index >= 15 is 0 Å². The highest BCUT2D eigenvalue weighted by atomic mass is 19.1. The lowest BCUT2D eigenvalue weighted by atomic mass is 9.98. The Bertz CT molecular complexity index is 754. The van der Waals surface area contributed by atoms with Crippen molar-refractivity contribution in [3.63, 3.8) is 0 Å². The number of carbonyl (C=O) groups is 1.